The van der Waals surface area contributed by atoms with Crippen LogP contribution in [0.2, 0.25) is 0 Å². The summed E-state index contributed by atoms with van der Waals surface area (Å²) in [5.74, 6) is 0. The highest BCUT2D eigenvalue weighted by Crippen LogP contribution is 1.78. The minimum atomic E-state index is -2.72. The predicted octanol–water partition coefficient (Wildman–Crippen LogP) is -0.368. The van der Waals surface area contributed by atoms with E-state index in [2.05, 4.69) is 4.74 Å². The minimum absolute atomic E-state index is 0.998. The lowest BCUT2D eigenvalue weighted by atomic mass is 11.5. The molecule has 0 radical (unpaired) electrons. The Balaban J connectivity index is 3.58. The van der Waals surface area contributed by atoms with Crippen molar-refractivity contribution in [3.63, 3.8) is 0 Å². The average Bonchev–Trinajstić information content (AvgIpc) is 1.65. The van der Waals surface area contributed by atoms with Crippen LogP contribution in [0.3, 0.4) is 0 Å². The zero-order valence-corrected chi connectivity index (χ0v) is 4.36. The Morgan fingerprint density at radius 2 is 2.29 bits per heavy atom. The fourth-order valence-electron chi connectivity index (χ4n) is 0.0680. The van der Waals surface area contributed by atoms with Crippen LogP contribution in [0.25, 0.3) is 0 Å². The van der Waals surface area contributed by atoms with Gasteiger partial charge in [0.2, 0.25) is 0 Å². The Morgan fingerprint density at radius 1 is 1.86 bits per heavy atom. The normalized spacial score (nSPS) is 12.9. The fourth-order valence-corrected chi connectivity index (χ4v) is 0.204. The number of carbonyl (C=O) groups is 1. The van der Waals surface area contributed by atoms with Crippen molar-refractivity contribution in [1.82, 2.24) is 0 Å². The van der Waals surface area contributed by atoms with Crippen molar-refractivity contribution in [2.45, 2.75) is 0 Å². The third-order valence-electron chi connectivity index (χ3n) is 0.303. The first-order valence-corrected chi connectivity index (χ1v) is 2.43. The zero-order valence-electron chi connectivity index (χ0n) is 3.54. The summed E-state index contributed by atoms with van der Waals surface area (Å²) in [6.45, 7) is 0. The lowest BCUT2D eigenvalue weighted by Crippen LogP contribution is -2.04. The Bertz CT molecular complexity index is 97.9. The van der Waals surface area contributed by atoms with E-state index in [-0.39, 0.29) is 0 Å². The third-order valence-corrected chi connectivity index (χ3v) is 0.742. The maximum absolute atomic E-state index is 9.68. The molecule has 0 saturated heterocycles. The van der Waals surface area contributed by atoms with Crippen LogP contribution in [0.15, 0.2) is 0 Å². The first kappa shape index (κ1) is 6.58. The average molecular weight is 123 g/mol. The van der Waals surface area contributed by atoms with Gasteiger partial charge in [0.05, 0.1) is 18.2 Å². The van der Waals surface area contributed by atoms with E-state index in [1.165, 1.54) is 0 Å². The molecule has 42 valence electrons. The molecule has 0 spiro atoms. The van der Waals surface area contributed by atoms with Crippen molar-refractivity contribution in [3.8, 4) is 0 Å². The summed E-state index contributed by atoms with van der Waals surface area (Å²) in [7, 11) is 0.998. The molecule has 0 amide bonds. The van der Waals surface area contributed by atoms with Gasteiger partial charge >= 0.3 is 5.30 Å². The van der Waals surface area contributed by atoms with Gasteiger partial charge in [0.15, 0.2) is 0 Å². The second-order valence-electron chi connectivity index (χ2n) is 0.689. The minimum Gasteiger partial charge on any atom is -0.764 e. The molecule has 0 heterocycles. The summed E-state index contributed by atoms with van der Waals surface area (Å²) in [6, 6.07) is 0. The second kappa shape index (κ2) is 2.70. The van der Waals surface area contributed by atoms with Gasteiger partial charge in [-0.15, -0.1) is 0 Å². The standard InChI is InChI=1S/C2H4O4S/c1-6-2(3)7(4)5/h1H3,(H,4,5)/p-1. The Labute approximate surface area is 42.8 Å². The maximum atomic E-state index is 9.68. The van der Waals surface area contributed by atoms with Crippen LogP contribution in [0.5, 0.6) is 0 Å². The van der Waals surface area contributed by atoms with Crippen LogP contribution in [-0.4, -0.2) is 21.2 Å². The molecule has 0 aliphatic carbocycles. The predicted molar refractivity (Wildman–Crippen MR) is 21.3 cm³/mol. The van der Waals surface area contributed by atoms with Gasteiger partial charge in [0, 0.05) is 0 Å². The summed E-state index contributed by atoms with van der Waals surface area (Å²) in [6.07, 6.45) is 0. The zero-order chi connectivity index (χ0) is 5.86. The monoisotopic (exact) mass is 123 g/mol. The smallest absolute Gasteiger partial charge is 0.384 e. The molecule has 0 aliphatic heterocycles. The lowest BCUT2D eigenvalue weighted by Gasteiger charge is -1.97. The van der Waals surface area contributed by atoms with Crippen LogP contribution in [-0.2, 0) is 15.8 Å². The van der Waals surface area contributed by atoms with Gasteiger partial charge in [-0.1, -0.05) is 0 Å². The van der Waals surface area contributed by atoms with E-state index < -0.39 is 16.4 Å². The van der Waals surface area contributed by atoms with E-state index in [1.807, 2.05) is 0 Å². The molecule has 1 atom stereocenters. The van der Waals surface area contributed by atoms with Gasteiger partial charge in [-0.3, -0.25) is 4.21 Å². The van der Waals surface area contributed by atoms with Crippen molar-refractivity contribution in [2.24, 2.45) is 0 Å². The summed E-state index contributed by atoms with van der Waals surface area (Å²) in [5, 5.41) is -1.24. The molecule has 0 N–H and O–H groups in total. The van der Waals surface area contributed by atoms with Crippen LogP contribution in [0, 0.1) is 0 Å². The SMILES string of the molecule is COC(=O)S(=O)[O-]. The van der Waals surface area contributed by atoms with E-state index in [4.69, 9.17) is 0 Å². The van der Waals surface area contributed by atoms with Crippen molar-refractivity contribution in [1.29, 1.82) is 0 Å². The summed E-state index contributed by atoms with van der Waals surface area (Å²) in [4.78, 5) is 9.68. The van der Waals surface area contributed by atoms with Gasteiger partial charge in [-0.25, -0.2) is 4.79 Å². The third kappa shape index (κ3) is 2.30. The number of hydrogen-bond donors (Lipinski definition) is 0. The number of carbonyl (C=O) groups excluding carboxylic acids is 1. The highest BCUT2D eigenvalue weighted by molar-refractivity contribution is 7.94. The van der Waals surface area contributed by atoms with E-state index in [1.54, 1.807) is 0 Å². The topological polar surface area (TPSA) is 66.4 Å². The van der Waals surface area contributed by atoms with Crippen LogP contribution in [0.4, 0.5) is 4.79 Å². The summed E-state index contributed by atoms with van der Waals surface area (Å²) < 4.78 is 22.7. The van der Waals surface area contributed by atoms with Crippen LogP contribution >= 0.6 is 0 Å². The first-order valence-electron chi connectivity index (χ1n) is 1.35. The molecule has 0 aromatic carbocycles. The molecule has 0 aromatic heterocycles. The molecule has 0 aromatic rings. The first-order chi connectivity index (χ1) is 3.18. The van der Waals surface area contributed by atoms with Gasteiger partial charge in [-0.05, 0) is 0 Å². The van der Waals surface area contributed by atoms with Gasteiger partial charge in [0.1, 0.15) is 0 Å². The molecule has 0 saturated carbocycles. The van der Waals surface area contributed by atoms with Crippen LogP contribution in [0.1, 0.15) is 0 Å². The molecule has 0 aliphatic rings. The molecular formula is C2H3O4S-. The lowest BCUT2D eigenvalue weighted by molar-refractivity contribution is 0.196. The molecule has 5 heteroatoms. The highest BCUT2D eigenvalue weighted by Gasteiger charge is 1.94. The van der Waals surface area contributed by atoms with E-state index in [9.17, 15) is 13.6 Å². The number of methoxy groups -OCH3 is 1. The van der Waals surface area contributed by atoms with Crippen molar-refractivity contribution >= 4 is 16.4 Å². The Morgan fingerprint density at radius 3 is 2.29 bits per heavy atom. The molecular weight excluding hydrogens is 120 g/mol. The Hall–Kier alpha value is -0.420. The molecule has 7 heavy (non-hydrogen) atoms. The molecule has 0 rings (SSSR count). The number of rotatable bonds is 0. The quantitative estimate of drug-likeness (QED) is 0.325. The molecule has 4 nitrogen and oxygen atoms in total. The molecule has 0 fully saturated rings. The van der Waals surface area contributed by atoms with Crippen molar-refractivity contribution in [3.05, 3.63) is 0 Å². The summed E-state index contributed by atoms with van der Waals surface area (Å²) in [5.41, 5.74) is 0. The summed E-state index contributed by atoms with van der Waals surface area (Å²) >= 11 is -2.72. The maximum Gasteiger partial charge on any atom is 0.384 e. The second-order valence-corrected chi connectivity index (χ2v) is 1.49. The van der Waals surface area contributed by atoms with E-state index in [0.29, 0.717) is 0 Å². The van der Waals surface area contributed by atoms with E-state index >= 15 is 0 Å². The highest BCUT2D eigenvalue weighted by atomic mass is 32.2. The van der Waals surface area contributed by atoms with E-state index in [0.717, 1.165) is 7.11 Å². The van der Waals surface area contributed by atoms with Gasteiger partial charge < -0.3 is 9.29 Å². The van der Waals surface area contributed by atoms with Gasteiger partial charge in [-0.2, -0.15) is 0 Å². The fraction of sp³-hybridized carbons (Fsp3) is 0.500. The van der Waals surface area contributed by atoms with Crippen LogP contribution < -0.4 is 0 Å². The largest absolute Gasteiger partial charge is 0.764 e. The van der Waals surface area contributed by atoms with Crippen molar-refractivity contribution in [2.75, 3.05) is 7.11 Å². The Kier molecular flexibility index (Phi) is 2.54. The molecule has 0 bridgehead atoms. The molecule has 1 unspecified atom stereocenters. The number of ether oxygens (including phenoxy) is 1. The number of hydrogen-bond acceptors (Lipinski definition) is 4. The van der Waals surface area contributed by atoms with Crippen molar-refractivity contribution < 1.29 is 18.3 Å². The van der Waals surface area contributed by atoms with Gasteiger partial charge in [0.25, 0.3) is 0 Å².